The molecule has 1 fully saturated rings. The average molecular weight is 309 g/mol. The molecule has 1 saturated heterocycles. The number of anilines is 2. The third kappa shape index (κ3) is 2.72. The molecule has 1 aromatic carbocycles. The van der Waals surface area contributed by atoms with Gasteiger partial charge < -0.3 is 14.2 Å². The van der Waals surface area contributed by atoms with Gasteiger partial charge in [-0.1, -0.05) is 12.1 Å². The summed E-state index contributed by atoms with van der Waals surface area (Å²) in [6.45, 7) is 1.91. The molecule has 118 valence electrons. The van der Waals surface area contributed by atoms with Crippen molar-refractivity contribution in [3.63, 3.8) is 0 Å². The zero-order valence-corrected chi connectivity index (χ0v) is 13.1. The van der Waals surface area contributed by atoms with Crippen molar-refractivity contribution in [1.29, 1.82) is 0 Å². The largest absolute Gasteiger partial charge is 0.423 e. The lowest BCUT2D eigenvalue weighted by Gasteiger charge is -2.37. The third-order valence-electron chi connectivity index (χ3n) is 4.41. The van der Waals surface area contributed by atoms with E-state index in [0.29, 0.717) is 12.1 Å². The highest BCUT2D eigenvalue weighted by molar-refractivity contribution is 5.74. The van der Waals surface area contributed by atoms with Crippen LogP contribution >= 0.6 is 0 Å². The number of hydrogen-bond acceptors (Lipinski definition) is 6. The van der Waals surface area contributed by atoms with E-state index >= 15 is 0 Å². The van der Waals surface area contributed by atoms with Gasteiger partial charge in [0.25, 0.3) is 6.01 Å². The molecule has 0 aliphatic carbocycles. The van der Waals surface area contributed by atoms with Crippen LogP contribution in [0.5, 0.6) is 0 Å². The maximum Gasteiger partial charge on any atom is 0.298 e. The minimum atomic E-state index is 0.346. The SMILES string of the molecule is CN(c1nc2ccccc2o1)[C@H]1CCCN(c2cccnn2)C1. The molecule has 0 radical (unpaired) electrons. The second kappa shape index (κ2) is 5.87. The topological polar surface area (TPSA) is 58.3 Å². The predicted molar refractivity (Wildman–Crippen MR) is 89.7 cm³/mol. The first-order chi connectivity index (χ1) is 11.3. The fourth-order valence-corrected chi connectivity index (χ4v) is 3.11. The highest BCUT2D eigenvalue weighted by Crippen LogP contribution is 2.26. The van der Waals surface area contributed by atoms with Crippen molar-refractivity contribution in [2.45, 2.75) is 18.9 Å². The summed E-state index contributed by atoms with van der Waals surface area (Å²) >= 11 is 0. The number of nitrogens with zero attached hydrogens (tertiary/aromatic N) is 5. The summed E-state index contributed by atoms with van der Waals surface area (Å²) in [6.07, 6.45) is 3.94. The molecular formula is C17H19N5O. The monoisotopic (exact) mass is 309 g/mol. The summed E-state index contributed by atoms with van der Waals surface area (Å²) < 4.78 is 5.89. The second-order valence-electron chi connectivity index (χ2n) is 5.90. The van der Waals surface area contributed by atoms with Crippen molar-refractivity contribution in [2.75, 3.05) is 29.9 Å². The van der Waals surface area contributed by atoms with E-state index in [2.05, 4.69) is 32.0 Å². The van der Waals surface area contributed by atoms with Gasteiger partial charge in [-0.2, -0.15) is 10.1 Å². The third-order valence-corrected chi connectivity index (χ3v) is 4.41. The van der Waals surface area contributed by atoms with E-state index in [1.54, 1.807) is 6.20 Å². The Morgan fingerprint density at radius 2 is 2.13 bits per heavy atom. The first-order valence-electron chi connectivity index (χ1n) is 7.92. The first kappa shape index (κ1) is 14.0. The van der Waals surface area contributed by atoms with E-state index in [-0.39, 0.29) is 0 Å². The second-order valence-corrected chi connectivity index (χ2v) is 5.90. The van der Waals surface area contributed by atoms with Crippen molar-refractivity contribution < 1.29 is 4.42 Å². The first-order valence-corrected chi connectivity index (χ1v) is 7.92. The minimum Gasteiger partial charge on any atom is -0.423 e. The molecule has 2 aromatic heterocycles. The molecule has 0 spiro atoms. The molecule has 1 aliphatic heterocycles. The van der Waals surface area contributed by atoms with Crippen LogP contribution < -0.4 is 9.80 Å². The summed E-state index contributed by atoms with van der Waals surface area (Å²) in [5, 5.41) is 8.20. The normalized spacial score (nSPS) is 18.3. The number of para-hydroxylation sites is 2. The van der Waals surface area contributed by atoms with Crippen molar-refractivity contribution in [2.24, 2.45) is 0 Å². The Morgan fingerprint density at radius 1 is 1.22 bits per heavy atom. The molecule has 0 bridgehead atoms. The van der Waals surface area contributed by atoms with Crippen LogP contribution in [0.1, 0.15) is 12.8 Å². The smallest absolute Gasteiger partial charge is 0.298 e. The standard InChI is InChI=1S/C17H19N5O/c1-21(17-19-14-7-2-3-8-15(14)23-17)13-6-5-11-22(12-13)16-9-4-10-18-20-16/h2-4,7-10,13H,5-6,11-12H2,1H3/t13-/m0/s1. The fourth-order valence-electron chi connectivity index (χ4n) is 3.11. The maximum atomic E-state index is 5.89. The van der Waals surface area contributed by atoms with Gasteiger partial charge in [0.2, 0.25) is 0 Å². The Morgan fingerprint density at radius 3 is 2.96 bits per heavy atom. The molecule has 6 nitrogen and oxygen atoms in total. The number of benzene rings is 1. The van der Waals surface area contributed by atoms with E-state index in [1.165, 1.54) is 0 Å². The van der Waals surface area contributed by atoms with Crippen LogP contribution in [0.4, 0.5) is 11.8 Å². The molecule has 4 rings (SSSR count). The van der Waals surface area contributed by atoms with Crippen molar-refractivity contribution in [3.05, 3.63) is 42.6 Å². The number of piperidine rings is 1. The number of oxazole rings is 1. The Kier molecular flexibility index (Phi) is 3.57. The van der Waals surface area contributed by atoms with Crippen LogP contribution in [0.2, 0.25) is 0 Å². The molecule has 0 unspecified atom stereocenters. The van der Waals surface area contributed by atoms with Crippen LogP contribution in [0, 0.1) is 0 Å². The summed E-state index contributed by atoms with van der Waals surface area (Å²) in [7, 11) is 2.05. The predicted octanol–water partition coefficient (Wildman–Crippen LogP) is 2.72. The molecule has 1 atom stereocenters. The van der Waals surface area contributed by atoms with Gasteiger partial charge in [0.1, 0.15) is 5.52 Å². The molecule has 0 saturated carbocycles. The van der Waals surface area contributed by atoms with E-state index in [4.69, 9.17) is 4.42 Å². The minimum absolute atomic E-state index is 0.346. The lowest BCUT2D eigenvalue weighted by atomic mass is 10.0. The summed E-state index contributed by atoms with van der Waals surface area (Å²) in [5.74, 6) is 0.933. The van der Waals surface area contributed by atoms with Crippen LogP contribution in [-0.4, -0.2) is 41.4 Å². The number of rotatable bonds is 3. The summed E-state index contributed by atoms with van der Waals surface area (Å²) in [6, 6.07) is 12.8. The van der Waals surface area contributed by atoms with Crippen molar-refractivity contribution in [3.8, 4) is 0 Å². The van der Waals surface area contributed by atoms with Crippen molar-refractivity contribution in [1.82, 2.24) is 15.2 Å². The van der Waals surface area contributed by atoms with Crippen LogP contribution in [0.3, 0.4) is 0 Å². The van der Waals surface area contributed by atoms with E-state index in [9.17, 15) is 0 Å². The van der Waals surface area contributed by atoms with Crippen molar-refractivity contribution >= 4 is 22.9 Å². The Balaban J connectivity index is 1.54. The molecule has 3 aromatic rings. The number of fused-ring (bicyclic) bond motifs is 1. The Labute approximate surface area is 134 Å². The zero-order valence-electron chi connectivity index (χ0n) is 13.1. The van der Waals surface area contributed by atoms with Gasteiger partial charge in [-0.25, -0.2) is 0 Å². The number of likely N-dealkylation sites (N-methyl/N-ethyl adjacent to an activating group) is 1. The molecular weight excluding hydrogens is 290 g/mol. The maximum absolute atomic E-state index is 5.89. The summed E-state index contributed by atoms with van der Waals surface area (Å²) in [5.41, 5.74) is 1.73. The van der Waals surface area contributed by atoms with Gasteiger partial charge in [-0.15, -0.1) is 5.10 Å². The quantitative estimate of drug-likeness (QED) is 0.741. The van der Waals surface area contributed by atoms with Crippen LogP contribution in [0.25, 0.3) is 11.1 Å². The van der Waals surface area contributed by atoms with Gasteiger partial charge in [-0.05, 0) is 37.1 Å². The van der Waals surface area contributed by atoms with Gasteiger partial charge >= 0.3 is 0 Å². The molecule has 1 aliphatic rings. The highest BCUT2D eigenvalue weighted by Gasteiger charge is 2.26. The van der Waals surface area contributed by atoms with Gasteiger partial charge in [-0.3, -0.25) is 0 Å². The molecule has 6 heteroatoms. The van der Waals surface area contributed by atoms with Crippen LogP contribution in [0.15, 0.2) is 47.0 Å². The molecule has 23 heavy (non-hydrogen) atoms. The zero-order chi connectivity index (χ0) is 15.6. The number of aromatic nitrogens is 3. The number of hydrogen-bond donors (Lipinski definition) is 0. The fraction of sp³-hybridized carbons (Fsp3) is 0.353. The van der Waals surface area contributed by atoms with E-state index in [1.807, 2.05) is 36.4 Å². The Hall–Kier alpha value is -2.63. The lowest BCUT2D eigenvalue weighted by molar-refractivity contribution is 0.456. The van der Waals surface area contributed by atoms with Crippen LogP contribution in [-0.2, 0) is 0 Å². The van der Waals surface area contributed by atoms with Gasteiger partial charge in [0, 0.05) is 26.3 Å². The van der Waals surface area contributed by atoms with Gasteiger partial charge in [0.15, 0.2) is 11.4 Å². The van der Waals surface area contributed by atoms with E-state index in [0.717, 1.165) is 42.8 Å². The molecule has 0 N–H and O–H groups in total. The summed E-state index contributed by atoms with van der Waals surface area (Å²) in [4.78, 5) is 9.02. The average Bonchev–Trinajstić information content (AvgIpc) is 3.06. The Bertz CT molecular complexity index is 755. The highest BCUT2D eigenvalue weighted by atomic mass is 16.4. The van der Waals surface area contributed by atoms with Gasteiger partial charge in [0.05, 0.1) is 6.04 Å². The molecule has 3 heterocycles. The van der Waals surface area contributed by atoms with E-state index < -0.39 is 0 Å². The lowest BCUT2D eigenvalue weighted by Crippen LogP contribution is -2.47. The molecule has 0 amide bonds.